The average molecular weight is 339 g/mol. The van der Waals surface area contributed by atoms with E-state index in [1.807, 2.05) is 24.6 Å². The molecule has 2 rings (SSSR count). The molecule has 0 bridgehead atoms. The van der Waals surface area contributed by atoms with Crippen molar-refractivity contribution in [1.29, 1.82) is 0 Å². The van der Waals surface area contributed by atoms with Crippen molar-refractivity contribution in [3.63, 3.8) is 0 Å². The monoisotopic (exact) mass is 339 g/mol. The number of nitrogens with zero attached hydrogens (tertiary/aromatic N) is 2. The number of carbonyl (C=O) groups is 1. The molecule has 0 aromatic heterocycles. The van der Waals surface area contributed by atoms with Gasteiger partial charge in [0.05, 0.1) is 0 Å². The smallest absolute Gasteiger partial charge is 0.178 e. The van der Waals surface area contributed by atoms with Gasteiger partial charge in [-0.15, -0.1) is 0 Å². The average Bonchev–Trinajstić information content (AvgIpc) is 2.55. The quantitative estimate of drug-likeness (QED) is 0.782. The first-order valence-electron chi connectivity index (χ1n) is 9.08. The van der Waals surface area contributed by atoms with Gasteiger partial charge < -0.3 is 5.73 Å². The van der Waals surface area contributed by atoms with Gasteiger partial charge in [-0.25, -0.2) is 4.99 Å². The fourth-order valence-corrected chi connectivity index (χ4v) is 3.04. The van der Waals surface area contributed by atoms with Crippen LogP contribution in [-0.4, -0.2) is 17.8 Å². The molecule has 0 aromatic rings. The molecule has 2 aliphatic rings. The molecule has 0 aromatic carbocycles. The zero-order valence-electron chi connectivity index (χ0n) is 15.6. The number of hydrogen-bond acceptors (Lipinski definition) is 4. The molecular weight excluding hydrogens is 310 g/mol. The molecule has 0 amide bonds. The maximum absolute atomic E-state index is 11.7. The van der Waals surface area contributed by atoms with E-state index in [1.165, 1.54) is 22.3 Å². The number of Topliss-reactive ketones (excluding diaryl/α,β-unsaturated/α-hetero) is 1. The lowest BCUT2D eigenvalue weighted by molar-refractivity contribution is -0.113. The topological polar surface area (TPSA) is 67.8 Å². The summed E-state index contributed by atoms with van der Waals surface area (Å²) in [5.41, 5.74) is 11.7. The van der Waals surface area contributed by atoms with E-state index in [4.69, 9.17) is 5.73 Å². The van der Waals surface area contributed by atoms with Gasteiger partial charge in [0.25, 0.3) is 0 Å². The standard InChI is InChI=1S/C21H29N3O/c1-15-9-10-18(12-21(22)24-14-15)7-4-8-19-13-20(17(3)25)23-11-5-6-16(19)2/h11-14H,4-10H2,1-3H3,(H2,22,24)/b15-14+,18-12-,19-16+,20-13-,23-11-. The van der Waals surface area contributed by atoms with E-state index in [-0.39, 0.29) is 5.78 Å². The first-order valence-corrected chi connectivity index (χ1v) is 9.08. The lowest BCUT2D eigenvalue weighted by Gasteiger charge is -2.13. The van der Waals surface area contributed by atoms with Gasteiger partial charge in [-0.1, -0.05) is 16.7 Å². The van der Waals surface area contributed by atoms with Gasteiger partial charge >= 0.3 is 0 Å². The Hall–Kier alpha value is -2.23. The van der Waals surface area contributed by atoms with Crippen LogP contribution in [0.15, 0.2) is 56.3 Å². The second-order valence-electron chi connectivity index (χ2n) is 6.93. The van der Waals surface area contributed by atoms with Crippen molar-refractivity contribution < 1.29 is 4.79 Å². The number of aliphatic imine (C=N–C) groups is 2. The first-order chi connectivity index (χ1) is 12.0. The van der Waals surface area contributed by atoms with Crippen molar-refractivity contribution in [2.45, 2.75) is 65.7 Å². The Balaban J connectivity index is 2.03. The highest BCUT2D eigenvalue weighted by Gasteiger charge is 2.10. The summed E-state index contributed by atoms with van der Waals surface area (Å²) in [7, 11) is 0. The van der Waals surface area contributed by atoms with Gasteiger partial charge in [-0.2, -0.15) is 0 Å². The predicted molar refractivity (Wildman–Crippen MR) is 106 cm³/mol. The Labute approximate surface area is 151 Å². The molecule has 0 aliphatic carbocycles. The van der Waals surface area contributed by atoms with Gasteiger partial charge in [-0.3, -0.25) is 9.79 Å². The van der Waals surface area contributed by atoms with Crippen molar-refractivity contribution in [2.24, 2.45) is 15.7 Å². The molecule has 134 valence electrons. The van der Waals surface area contributed by atoms with Crippen LogP contribution in [0.5, 0.6) is 0 Å². The highest BCUT2D eigenvalue weighted by Crippen LogP contribution is 2.25. The van der Waals surface area contributed by atoms with E-state index in [9.17, 15) is 4.79 Å². The maximum atomic E-state index is 11.7. The second kappa shape index (κ2) is 9.30. The summed E-state index contributed by atoms with van der Waals surface area (Å²) in [6.45, 7) is 5.84. The summed E-state index contributed by atoms with van der Waals surface area (Å²) in [4.78, 5) is 20.3. The van der Waals surface area contributed by atoms with E-state index >= 15 is 0 Å². The fourth-order valence-electron chi connectivity index (χ4n) is 3.04. The van der Waals surface area contributed by atoms with Crippen LogP contribution in [0.4, 0.5) is 0 Å². The molecule has 0 radical (unpaired) electrons. The summed E-state index contributed by atoms with van der Waals surface area (Å²) in [5.74, 6) is 0.612. The molecule has 25 heavy (non-hydrogen) atoms. The highest BCUT2D eigenvalue weighted by atomic mass is 16.1. The van der Waals surface area contributed by atoms with Crippen LogP contribution in [0.3, 0.4) is 0 Å². The third-order valence-corrected chi connectivity index (χ3v) is 4.67. The van der Waals surface area contributed by atoms with Crippen molar-refractivity contribution in [3.8, 4) is 0 Å². The summed E-state index contributed by atoms with van der Waals surface area (Å²) in [5, 5.41) is 0. The van der Waals surface area contributed by atoms with Crippen LogP contribution in [0.25, 0.3) is 0 Å². The summed E-state index contributed by atoms with van der Waals surface area (Å²) < 4.78 is 0. The van der Waals surface area contributed by atoms with Gasteiger partial charge in [0.2, 0.25) is 0 Å². The van der Waals surface area contributed by atoms with Crippen molar-refractivity contribution in [1.82, 2.24) is 0 Å². The molecule has 0 saturated carbocycles. The summed E-state index contributed by atoms with van der Waals surface area (Å²) in [6, 6.07) is 0. The Morgan fingerprint density at radius 1 is 1.16 bits per heavy atom. The number of ketones is 1. The van der Waals surface area contributed by atoms with Gasteiger partial charge in [-0.05, 0) is 76.5 Å². The van der Waals surface area contributed by atoms with Gasteiger partial charge in [0, 0.05) is 19.3 Å². The van der Waals surface area contributed by atoms with E-state index in [2.05, 4.69) is 23.8 Å². The summed E-state index contributed by atoms with van der Waals surface area (Å²) >= 11 is 0. The number of rotatable bonds is 5. The third-order valence-electron chi connectivity index (χ3n) is 4.67. The number of nitrogens with two attached hydrogens (primary N) is 1. The predicted octanol–water partition coefficient (Wildman–Crippen LogP) is 4.79. The lowest BCUT2D eigenvalue weighted by atomic mass is 9.94. The van der Waals surface area contributed by atoms with Crippen molar-refractivity contribution in [2.75, 3.05) is 0 Å². The zero-order valence-corrected chi connectivity index (χ0v) is 15.6. The van der Waals surface area contributed by atoms with Crippen LogP contribution in [0.2, 0.25) is 0 Å². The van der Waals surface area contributed by atoms with E-state index in [0.717, 1.165) is 44.9 Å². The Morgan fingerprint density at radius 3 is 2.72 bits per heavy atom. The third kappa shape index (κ3) is 6.29. The van der Waals surface area contributed by atoms with E-state index in [0.29, 0.717) is 11.5 Å². The van der Waals surface area contributed by atoms with Crippen LogP contribution in [-0.2, 0) is 4.79 Å². The Morgan fingerprint density at radius 2 is 1.96 bits per heavy atom. The second-order valence-corrected chi connectivity index (χ2v) is 6.93. The zero-order chi connectivity index (χ0) is 18.2. The molecular formula is C21H29N3O. The number of allylic oxidation sites excluding steroid dienone is 6. The van der Waals surface area contributed by atoms with Crippen LogP contribution in [0.1, 0.15) is 65.7 Å². The minimum atomic E-state index is 0.0254. The summed E-state index contributed by atoms with van der Waals surface area (Å²) in [6.07, 6.45) is 14.7. The Kier molecular flexibility index (Phi) is 7.11. The van der Waals surface area contributed by atoms with E-state index in [1.54, 1.807) is 6.92 Å². The normalized spacial score (nSPS) is 31.5. The molecule has 0 unspecified atom stereocenters. The molecule has 2 N–H and O–H groups in total. The number of hydrogen-bond donors (Lipinski definition) is 1. The van der Waals surface area contributed by atoms with Crippen LogP contribution < -0.4 is 5.73 Å². The maximum Gasteiger partial charge on any atom is 0.178 e. The van der Waals surface area contributed by atoms with Crippen LogP contribution >= 0.6 is 0 Å². The van der Waals surface area contributed by atoms with Gasteiger partial charge in [0.1, 0.15) is 11.5 Å². The van der Waals surface area contributed by atoms with E-state index < -0.39 is 0 Å². The first kappa shape index (κ1) is 19.1. The molecule has 4 heteroatoms. The minimum absolute atomic E-state index is 0.0254. The van der Waals surface area contributed by atoms with Crippen molar-refractivity contribution in [3.05, 3.63) is 46.3 Å². The molecule has 0 fully saturated rings. The van der Waals surface area contributed by atoms with Gasteiger partial charge in [0.15, 0.2) is 5.78 Å². The molecule has 2 heterocycles. The lowest BCUT2D eigenvalue weighted by Crippen LogP contribution is -2.09. The molecule has 0 saturated heterocycles. The largest absolute Gasteiger partial charge is 0.384 e. The molecule has 0 atom stereocenters. The number of carbonyl (C=O) groups excluding carboxylic acids is 1. The number of amidine groups is 1. The highest BCUT2D eigenvalue weighted by molar-refractivity contribution is 5.95. The fraction of sp³-hybridized carbons (Fsp3) is 0.476. The Bertz CT molecular complexity index is 703. The SMILES string of the molecule is CC(=O)C1=C/C(CCC/C2=C/C(N)=N\C=C(/C)CC2)=C(\C)CC/C=N\1. The van der Waals surface area contributed by atoms with Crippen LogP contribution in [0, 0.1) is 0 Å². The van der Waals surface area contributed by atoms with Crippen molar-refractivity contribution >= 4 is 17.8 Å². The molecule has 4 nitrogen and oxygen atoms in total. The minimum Gasteiger partial charge on any atom is -0.384 e. The molecule has 0 spiro atoms. The molecule has 2 aliphatic heterocycles.